The third-order valence-corrected chi connectivity index (χ3v) is 5.80. The van der Waals surface area contributed by atoms with Gasteiger partial charge in [-0.15, -0.1) is 11.3 Å². The molecular weight excluding hydrogens is 320 g/mol. The maximum absolute atomic E-state index is 12.6. The lowest BCUT2D eigenvalue weighted by Gasteiger charge is -2.29. The van der Waals surface area contributed by atoms with Crippen LogP contribution >= 0.6 is 11.3 Å². The molecule has 0 spiro atoms. The monoisotopic (exact) mass is 342 g/mol. The van der Waals surface area contributed by atoms with Crippen LogP contribution in [0.5, 0.6) is 0 Å². The van der Waals surface area contributed by atoms with Gasteiger partial charge in [-0.3, -0.25) is 4.79 Å². The minimum atomic E-state index is 0.122. The van der Waals surface area contributed by atoms with Gasteiger partial charge >= 0.3 is 0 Å². The Bertz CT molecular complexity index is 751. The van der Waals surface area contributed by atoms with E-state index in [1.807, 2.05) is 30.2 Å². The SMILES string of the molecule is Cc1ccc(C(=O)N2CCc3nc([C@H]4CCCCN4)ncc3C2)s1. The third kappa shape index (κ3) is 3.08. The quantitative estimate of drug-likeness (QED) is 0.912. The molecule has 1 fully saturated rings. The molecule has 2 aliphatic heterocycles. The van der Waals surface area contributed by atoms with E-state index in [-0.39, 0.29) is 11.9 Å². The molecule has 126 valence electrons. The van der Waals surface area contributed by atoms with Crippen molar-refractivity contribution in [3.8, 4) is 0 Å². The number of aromatic nitrogens is 2. The second kappa shape index (κ2) is 6.61. The van der Waals surface area contributed by atoms with Gasteiger partial charge < -0.3 is 10.2 Å². The zero-order chi connectivity index (χ0) is 16.5. The number of carbonyl (C=O) groups is 1. The summed E-state index contributed by atoms with van der Waals surface area (Å²) in [6, 6.07) is 4.21. The highest BCUT2D eigenvalue weighted by molar-refractivity contribution is 7.13. The molecular formula is C18H22N4OS. The van der Waals surface area contributed by atoms with Crippen LogP contribution in [-0.4, -0.2) is 33.9 Å². The number of amides is 1. The molecule has 6 heteroatoms. The van der Waals surface area contributed by atoms with Gasteiger partial charge in [0.15, 0.2) is 0 Å². The van der Waals surface area contributed by atoms with Gasteiger partial charge in [-0.2, -0.15) is 0 Å². The van der Waals surface area contributed by atoms with Crippen LogP contribution in [-0.2, 0) is 13.0 Å². The lowest BCUT2D eigenvalue weighted by atomic mass is 10.0. The number of carbonyl (C=O) groups excluding carboxylic acids is 1. The highest BCUT2D eigenvalue weighted by Gasteiger charge is 2.25. The molecule has 2 aromatic heterocycles. The number of thiophene rings is 1. The first kappa shape index (κ1) is 15.7. The van der Waals surface area contributed by atoms with Gasteiger partial charge in [0.05, 0.1) is 16.6 Å². The van der Waals surface area contributed by atoms with Crippen molar-refractivity contribution in [2.24, 2.45) is 0 Å². The van der Waals surface area contributed by atoms with Crippen molar-refractivity contribution in [1.29, 1.82) is 0 Å². The van der Waals surface area contributed by atoms with Crippen LogP contribution in [0.15, 0.2) is 18.3 Å². The summed E-state index contributed by atoms with van der Waals surface area (Å²) in [4.78, 5) is 25.9. The van der Waals surface area contributed by atoms with E-state index in [9.17, 15) is 4.79 Å². The van der Waals surface area contributed by atoms with Crippen molar-refractivity contribution >= 4 is 17.2 Å². The molecule has 1 saturated heterocycles. The van der Waals surface area contributed by atoms with Gasteiger partial charge in [-0.25, -0.2) is 9.97 Å². The maximum atomic E-state index is 12.6. The van der Waals surface area contributed by atoms with Crippen LogP contribution in [0.25, 0.3) is 0 Å². The summed E-state index contributed by atoms with van der Waals surface area (Å²) in [5.74, 6) is 1.04. The van der Waals surface area contributed by atoms with Crippen molar-refractivity contribution in [3.05, 3.63) is 45.2 Å². The van der Waals surface area contributed by atoms with Gasteiger partial charge in [0, 0.05) is 36.1 Å². The Hall–Kier alpha value is -1.79. The molecule has 4 rings (SSSR count). The molecule has 0 radical (unpaired) electrons. The van der Waals surface area contributed by atoms with Gasteiger partial charge in [-0.05, 0) is 38.4 Å². The van der Waals surface area contributed by atoms with Crippen molar-refractivity contribution in [2.45, 2.75) is 45.2 Å². The van der Waals surface area contributed by atoms with Crippen LogP contribution in [0.1, 0.15) is 56.9 Å². The number of piperidine rings is 1. The number of rotatable bonds is 2. The van der Waals surface area contributed by atoms with E-state index in [1.165, 1.54) is 17.7 Å². The number of nitrogens with one attached hydrogen (secondary N) is 1. The lowest BCUT2D eigenvalue weighted by Crippen LogP contribution is -2.36. The predicted octanol–water partition coefficient (Wildman–Crippen LogP) is 2.86. The van der Waals surface area contributed by atoms with Crippen LogP contribution in [0.2, 0.25) is 0 Å². The van der Waals surface area contributed by atoms with E-state index >= 15 is 0 Å². The molecule has 2 aromatic rings. The van der Waals surface area contributed by atoms with Crippen molar-refractivity contribution in [2.75, 3.05) is 13.1 Å². The second-order valence-corrected chi connectivity index (χ2v) is 7.88. The molecule has 0 bridgehead atoms. The molecule has 0 saturated carbocycles. The standard InChI is InChI=1S/C18H22N4OS/c1-12-5-6-16(24-12)18(23)22-9-7-14-13(11-22)10-20-17(21-14)15-4-2-3-8-19-15/h5-6,10,15,19H,2-4,7-9,11H2,1H3/t15-/m1/s1. The number of nitrogens with zero attached hydrogens (tertiary/aromatic N) is 3. The number of fused-ring (bicyclic) bond motifs is 1. The fourth-order valence-corrected chi connectivity index (χ4v) is 4.29. The van der Waals surface area contributed by atoms with Crippen molar-refractivity contribution < 1.29 is 4.79 Å². The van der Waals surface area contributed by atoms with E-state index in [4.69, 9.17) is 4.98 Å². The summed E-state index contributed by atoms with van der Waals surface area (Å²) in [6.45, 7) is 4.43. The molecule has 4 heterocycles. The first-order valence-corrected chi connectivity index (χ1v) is 9.46. The predicted molar refractivity (Wildman–Crippen MR) is 94.1 cm³/mol. The summed E-state index contributed by atoms with van der Waals surface area (Å²) in [7, 11) is 0. The normalized spacial score (nSPS) is 20.7. The maximum Gasteiger partial charge on any atom is 0.264 e. The Balaban J connectivity index is 1.50. The van der Waals surface area contributed by atoms with Gasteiger partial charge in [-0.1, -0.05) is 6.42 Å². The summed E-state index contributed by atoms with van der Waals surface area (Å²) >= 11 is 1.56. The van der Waals surface area contributed by atoms with Crippen LogP contribution in [0.3, 0.4) is 0 Å². The molecule has 1 atom stereocenters. The van der Waals surface area contributed by atoms with Crippen LogP contribution in [0, 0.1) is 6.92 Å². The molecule has 24 heavy (non-hydrogen) atoms. The van der Waals surface area contributed by atoms with Gasteiger partial charge in [0.1, 0.15) is 5.82 Å². The Labute approximate surface area is 146 Å². The molecule has 0 aromatic carbocycles. The number of aryl methyl sites for hydroxylation is 1. The first-order valence-electron chi connectivity index (χ1n) is 8.64. The van der Waals surface area contributed by atoms with Crippen LogP contribution < -0.4 is 5.32 Å². The summed E-state index contributed by atoms with van der Waals surface area (Å²) in [6.07, 6.45) is 6.32. The highest BCUT2D eigenvalue weighted by Crippen LogP contribution is 2.25. The minimum Gasteiger partial charge on any atom is -0.333 e. The third-order valence-electron chi connectivity index (χ3n) is 4.81. The van der Waals surface area contributed by atoms with E-state index in [2.05, 4.69) is 10.3 Å². The number of hydrogen-bond donors (Lipinski definition) is 1. The molecule has 2 aliphatic rings. The molecule has 0 aliphatic carbocycles. The molecule has 0 unspecified atom stereocenters. The average Bonchev–Trinajstić information content (AvgIpc) is 3.07. The Kier molecular flexibility index (Phi) is 4.33. The van der Waals surface area contributed by atoms with Gasteiger partial charge in [0.25, 0.3) is 5.91 Å². The Morgan fingerprint density at radius 2 is 2.29 bits per heavy atom. The van der Waals surface area contributed by atoms with E-state index in [0.29, 0.717) is 6.54 Å². The summed E-state index contributed by atoms with van der Waals surface area (Å²) < 4.78 is 0. The number of hydrogen-bond acceptors (Lipinski definition) is 5. The fourth-order valence-electron chi connectivity index (χ4n) is 3.45. The Morgan fingerprint density at radius 1 is 1.38 bits per heavy atom. The molecule has 5 nitrogen and oxygen atoms in total. The zero-order valence-electron chi connectivity index (χ0n) is 13.9. The lowest BCUT2D eigenvalue weighted by molar-refractivity contribution is 0.0738. The van der Waals surface area contributed by atoms with Gasteiger partial charge in [0.2, 0.25) is 0 Å². The average molecular weight is 342 g/mol. The largest absolute Gasteiger partial charge is 0.333 e. The summed E-state index contributed by atoms with van der Waals surface area (Å²) in [5.41, 5.74) is 2.20. The molecule has 1 N–H and O–H groups in total. The Morgan fingerprint density at radius 3 is 3.04 bits per heavy atom. The fraction of sp³-hybridized carbons (Fsp3) is 0.500. The van der Waals surface area contributed by atoms with E-state index < -0.39 is 0 Å². The molecule has 1 amide bonds. The highest BCUT2D eigenvalue weighted by atomic mass is 32.1. The van der Waals surface area contributed by atoms with E-state index in [1.54, 1.807) is 11.3 Å². The van der Waals surface area contributed by atoms with E-state index in [0.717, 1.165) is 47.9 Å². The van der Waals surface area contributed by atoms with Crippen molar-refractivity contribution in [3.63, 3.8) is 0 Å². The van der Waals surface area contributed by atoms with Crippen LogP contribution in [0.4, 0.5) is 0 Å². The topological polar surface area (TPSA) is 58.1 Å². The minimum absolute atomic E-state index is 0.122. The summed E-state index contributed by atoms with van der Waals surface area (Å²) in [5, 5.41) is 3.50. The second-order valence-electron chi connectivity index (χ2n) is 6.59. The zero-order valence-corrected chi connectivity index (χ0v) is 14.7. The van der Waals surface area contributed by atoms with Crippen molar-refractivity contribution in [1.82, 2.24) is 20.2 Å². The smallest absolute Gasteiger partial charge is 0.264 e. The first-order chi connectivity index (χ1) is 11.7.